The second kappa shape index (κ2) is 23.8. The average molecular weight is 881 g/mol. The molecule has 338 valence electrons. The normalized spacial score (nSPS) is 27.0. The van der Waals surface area contributed by atoms with Gasteiger partial charge in [-0.1, -0.05) is 60.7 Å². The quantitative estimate of drug-likeness (QED) is 0.0928. The fraction of sp³-hybridized carbons (Fsp3) is 0.585. The number of carbonyl (C=O) groups is 5. The first-order chi connectivity index (χ1) is 29.1. The predicted molar refractivity (Wildman–Crippen MR) is 213 cm³/mol. The summed E-state index contributed by atoms with van der Waals surface area (Å²) in [5.41, 5.74) is 1.50. The van der Waals surface area contributed by atoms with Crippen molar-refractivity contribution < 1.29 is 80.6 Å². The topological polar surface area (TPSA) is 239 Å². The van der Waals surface area contributed by atoms with Crippen molar-refractivity contribution in [1.29, 1.82) is 0 Å². The lowest BCUT2D eigenvalue weighted by atomic mass is 9.91. The summed E-state index contributed by atoms with van der Waals surface area (Å²) in [6.07, 6.45) is -11.3. The average Bonchev–Trinajstić information content (AvgIpc) is 3.19. The van der Waals surface area contributed by atoms with Crippen molar-refractivity contribution in [2.24, 2.45) is 0 Å². The van der Waals surface area contributed by atoms with Crippen molar-refractivity contribution in [3.05, 3.63) is 71.8 Å². The Kier molecular flexibility index (Phi) is 19.2. The minimum Gasteiger partial charge on any atom is -0.463 e. The van der Waals surface area contributed by atoms with E-state index in [9.17, 15) is 33.6 Å². The Morgan fingerprint density at radius 1 is 0.672 bits per heavy atom. The lowest BCUT2D eigenvalue weighted by molar-refractivity contribution is -0.323. The maximum atomic E-state index is 14.2. The predicted octanol–water partition coefficient (Wildman–Crippen LogP) is 2.69. The Morgan fingerprint density at radius 2 is 1.20 bits per heavy atom. The van der Waals surface area contributed by atoms with E-state index in [1.807, 2.05) is 36.4 Å². The highest BCUT2D eigenvalue weighted by atomic mass is 31.2. The summed E-state index contributed by atoms with van der Waals surface area (Å²) < 4.78 is 74.2. The van der Waals surface area contributed by atoms with Crippen LogP contribution in [0.2, 0.25) is 0 Å². The van der Waals surface area contributed by atoms with Gasteiger partial charge in [0.2, 0.25) is 11.8 Å². The molecule has 2 aliphatic heterocycles. The molecule has 6 unspecified atom stereocenters. The van der Waals surface area contributed by atoms with Crippen molar-refractivity contribution in [2.45, 2.75) is 129 Å². The smallest absolute Gasteiger partial charge is 0.361 e. The molecule has 4 rings (SSSR count). The van der Waals surface area contributed by atoms with Gasteiger partial charge in [-0.2, -0.15) is 0 Å². The van der Waals surface area contributed by atoms with E-state index < -0.39 is 111 Å². The van der Waals surface area contributed by atoms with E-state index in [2.05, 4.69) is 10.6 Å². The molecule has 20 heteroatoms. The van der Waals surface area contributed by atoms with Crippen LogP contribution in [0.1, 0.15) is 59.6 Å². The van der Waals surface area contributed by atoms with Gasteiger partial charge in [0, 0.05) is 34.6 Å². The third kappa shape index (κ3) is 14.4. The molecule has 2 fully saturated rings. The number of aliphatic hydroxyl groups is 1. The summed E-state index contributed by atoms with van der Waals surface area (Å²) in [5, 5.41) is 17.4. The van der Waals surface area contributed by atoms with E-state index in [0.29, 0.717) is 5.56 Å². The summed E-state index contributed by atoms with van der Waals surface area (Å²) in [6, 6.07) is 15.4. The van der Waals surface area contributed by atoms with Crippen LogP contribution in [-0.2, 0) is 88.7 Å². The summed E-state index contributed by atoms with van der Waals surface area (Å²) in [7, 11) is -4.37. The van der Waals surface area contributed by atoms with Crippen LogP contribution in [0, 0.1) is 0 Å². The maximum Gasteiger partial charge on any atom is 0.361 e. The number of amides is 2. The number of carbonyl (C=O) groups excluding carboxylic acids is 5. The standard InChI is InChI=1S/C41H57N2O17P/c1-8-54-61(50,55-9-2)40(49)39-33(42-24(3)44)37(53-21-30-18-14-11-15-19-30)35(31(58-39)22-51-20-29-16-12-10-13-17-29)60-41-34(43-25(4)45)38(57-28(7)48)36(56-27(6)47)32(59-41)23-52-26(5)46/h10-19,31-41,49H,8-9,20-23H2,1-7H3,(H,42,44)(H,43,45)/t31?,32?,33?,34?,35-,36-,37?,38?,39+,40-,41+/m1/s1. The molecule has 2 heterocycles. The van der Waals surface area contributed by atoms with Crippen molar-refractivity contribution in [3.63, 3.8) is 0 Å². The lowest BCUT2D eigenvalue weighted by Gasteiger charge is -2.51. The minimum absolute atomic E-state index is 0.0825. The van der Waals surface area contributed by atoms with Crippen molar-refractivity contribution >= 4 is 37.3 Å². The highest BCUT2D eigenvalue weighted by molar-refractivity contribution is 7.54. The van der Waals surface area contributed by atoms with Crippen molar-refractivity contribution in [2.75, 3.05) is 26.4 Å². The zero-order chi connectivity index (χ0) is 44.7. The van der Waals surface area contributed by atoms with Crippen molar-refractivity contribution in [1.82, 2.24) is 10.6 Å². The molecular weight excluding hydrogens is 823 g/mol. The summed E-state index contributed by atoms with van der Waals surface area (Å²) in [6.45, 7) is 7.93. The van der Waals surface area contributed by atoms with Gasteiger partial charge in [0.15, 0.2) is 24.3 Å². The Morgan fingerprint density at radius 3 is 1.72 bits per heavy atom. The summed E-state index contributed by atoms with van der Waals surface area (Å²) in [4.78, 5) is 62.9. The monoisotopic (exact) mass is 880 g/mol. The summed E-state index contributed by atoms with van der Waals surface area (Å²) >= 11 is 0. The van der Waals surface area contributed by atoms with Gasteiger partial charge in [-0.25, -0.2) is 0 Å². The second-order valence-corrected chi connectivity index (χ2v) is 16.4. The Bertz CT molecular complexity index is 1780. The number of aliphatic hydroxyl groups excluding tert-OH is 1. The van der Waals surface area contributed by atoms with E-state index in [0.717, 1.165) is 26.3 Å². The van der Waals surface area contributed by atoms with Gasteiger partial charge in [-0.05, 0) is 25.0 Å². The largest absolute Gasteiger partial charge is 0.463 e. The molecule has 11 atom stereocenters. The minimum atomic E-state index is -4.37. The fourth-order valence-electron chi connectivity index (χ4n) is 7.04. The molecule has 2 amide bonds. The Labute approximate surface area is 354 Å². The van der Waals surface area contributed by atoms with Crippen LogP contribution in [0.15, 0.2) is 60.7 Å². The molecule has 0 bridgehead atoms. The molecule has 2 aromatic carbocycles. The number of hydrogen-bond donors (Lipinski definition) is 3. The lowest BCUT2D eigenvalue weighted by Crippen LogP contribution is -2.71. The van der Waals surface area contributed by atoms with Gasteiger partial charge in [0.25, 0.3) is 0 Å². The van der Waals surface area contributed by atoms with Crippen LogP contribution in [0.3, 0.4) is 0 Å². The molecule has 0 spiro atoms. The van der Waals surface area contributed by atoms with E-state index >= 15 is 0 Å². The fourth-order valence-corrected chi connectivity index (χ4v) is 8.76. The van der Waals surface area contributed by atoms with E-state index in [4.69, 9.17) is 46.9 Å². The highest BCUT2D eigenvalue weighted by Crippen LogP contribution is 2.55. The molecule has 0 saturated carbocycles. The molecule has 61 heavy (non-hydrogen) atoms. The number of esters is 3. The van der Waals surface area contributed by atoms with Crippen LogP contribution in [0.5, 0.6) is 0 Å². The van der Waals surface area contributed by atoms with Gasteiger partial charge in [-0.3, -0.25) is 28.5 Å². The number of ether oxygens (including phenoxy) is 8. The first-order valence-electron chi connectivity index (χ1n) is 19.9. The zero-order valence-corrected chi connectivity index (χ0v) is 36.2. The van der Waals surface area contributed by atoms with Crippen LogP contribution in [-0.4, -0.2) is 128 Å². The SMILES string of the molecule is CCOP(=O)(OCC)[C@@H](O)[C@H]1OC(COCc2ccccc2)[C@@H](O[C@@H]2OC(COC(C)=O)[C@@H](OC(C)=O)C(OC(C)=O)C2NC(C)=O)C(OCc2ccccc2)C1NC(C)=O. The molecule has 0 radical (unpaired) electrons. The molecule has 2 saturated heterocycles. The summed E-state index contributed by atoms with van der Waals surface area (Å²) in [5.74, 6) is -5.54. The first-order valence-corrected chi connectivity index (χ1v) is 21.5. The van der Waals surface area contributed by atoms with E-state index in [-0.39, 0.29) is 33.0 Å². The van der Waals surface area contributed by atoms with Gasteiger partial charge in [0.1, 0.15) is 43.2 Å². The van der Waals surface area contributed by atoms with Crippen LogP contribution in [0.25, 0.3) is 0 Å². The molecular formula is C41H57N2O17P. The van der Waals surface area contributed by atoms with Gasteiger partial charge >= 0.3 is 25.5 Å². The number of hydrogen-bond acceptors (Lipinski definition) is 17. The first kappa shape index (κ1) is 49.4. The molecule has 2 aromatic rings. The second-order valence-electron chi connectivity index (χ2n) is 14.2. The molecule has 2 aliphatic rings. The van der Waals surface area contributed by atoms with E-state index in [1.54, 1.807) is 38.1 Å². The number of rotatable bonds is 21. The highest BCUT2D eigenvalue weighted by Gasteiger charge is 2.58. The van der Waals surface area contributed by atoms with Crippen LogP contribution < -0.4 is 10.6 Å². The zero-order valence-electron chi connectivity index (χ0n) is 35.3. The van der Waals surface area contributed by atoms with Crippen molar-refractivity contribution in [3.8, 4) is 0 Å². The van der Waals surface area contributed by atoms with Gasteiger partial charge in [0.05, 0.1) is 39.1 Å². The number of nitrogens with one attached hydrogen (secondary N) is 2. The molecule has 0 aliphatic carbocycles. The van der Waals surface area contributed by atoms with E-state index in [1.165, 1.54) is 13.8 Å². The maximum absolute atomic E-state index is 14.2. The number of benzene rings is 2. The molecule has 19 nitrogen and oxygen atoms in total. The third-order valence-corrected chi connectivity index (χ3v) is 11.6. The van der Waals surface area contributed by atoms with Gasteiger partial charge < -0.3 is 62.7 Å². The van der Waals surface area contributed by atoms with Gasteiger partial charge in [-0.15, -0.1) is 0 Å². The van der Waals surface area contributed by atoms with Crippen LogP contribution >= 0.6 is 7.60 Å². The molecule has 0 aromatic heterocycles. The third-order valence-electron chi connectivity index (χ3n) is 9.38. The Hall–Kier alpha value is -4.30. The van der Waals surface area contributed by atoms with Crippen LogP contribution in [0.4, 0.5) is 0 Å². The Balaban J connectivity index is 1.90. The molecule has 3 N–H and O–H groups in total.